The van der Waals surface area contributed by atoms with Crippen molar-refractivity contribution in [3.05, 3.63) is 68.7 Å². The largest absolute Gasteiger partial charge is 0.494 e. The number of amides is 2. The van der Waals surface area contributed by atoms with Gasteiger partial charge in [-0.2, -0.15) is 5.26 Å². The minimum Gasteiger partial charge on any atom is -0.494 e. The molecule has 2 amide bonds. The molecule has 1 aliphatic rings. The van der Waals surface area contributed by atoms with Crippen molar-refractivity contribution in [2.24, 2.45) is 0 Å². The van der Waals surface area contributed by atoms with Gasteiger partial charge in [0.25, 0.3) is 5.91 Å². The predicted octanol–water partition coefficient (Wildman–Crippen LogP) is 4.56. The van der Waals surface area contributed by atoms with Gasteiger partial charge >= 0.3 is 0 Å². The van der Waals surface area contributed by atoms with Gasteiger partial charge in [0.15, 0.2) is 0 Å². The van der Waals surface area contributed by atoms with Crippen LogP contribution >= 0.6 is 35.0 Å². The Morgan fingerprint density at radius 1 is 1.23 bits per heavy atom. The number of carbonyl (C=O) groups is 2. The zero-order valence-electron chi connectivity index (χ0n) is 16.8. The van der Waals surface area contributed by atoms with E-state index in [-0.39, 0.29) is 16.5 Å². The van der Waals surface area contributed by atoms with E-state index in [4.69, 9.17) is 27.9 Å². The normalized spacial score (nSPS) is 17.3. The van der Waals surface area contributed by atoms with Crippen molar-refractivity contribution >= 4 is 52.5 Å². The summed E-state index contributed by atoms with van der Waals surface area (Å²) in [5.41, 5.74) is 1.20. The fourth-order valence-corrected chi connectivity index (χ4v) is 5.03. The van der Waals surface area contributed by atoms with E-state index >= 15 is 0 Å². The fraction of sp³-hybridized carbons (Fsp3) is 0.227. The van der Waals surface area contributed by atoms with Gasteiger partial charge in [-0.15, -0.1) is 0 Å². The smallest absolute Gasteiger partial charge is 0.264 e. The summed E-state index contributed by atoms with van der Waals surface area (Å²) in [5.74, 6) is -0.134. The summed E-state index contributed by atoms with van der Waals surface area (Å²) in [6.45, 7) is 2.40. The number of benzene rings is 2. The Labute approximate surface area is 194 Å². The number of nitrogens with one attached hydrogen (secondary N) is 1. The maximum atomic E-state index is 13.4. The first-order valence-electron chi connectivity index (χ1n) is 9.42. The van der Waals surface area contributed by atoms with Crippen LogP contribution in [0, 0.1) is 11.3 Å². The van der Waals surface area contributed by atoms with Crippen LogP contribution in [0.5, 0.6) is 5.75 Å². The highest BCUT2D eigenvalue weighted by Gasteiger charge is 2.40. The second kappa shape index (κ2) is 10.1. The van der Waals surface area contributed by atoms with Gasteiger partial charge in [-0.25, -0.2) is 0 Å². The predicted molar refractivity (Wildman–Crippen MR) is 123 cm³/mol. The fourth-order valence-electron chi connectivity index (χ4n) is 3.15. The number of likely N-dealkylation sites (N-methyl/N-ethyl adjacent to an activating group) is 1. The topological polar surface area (TPSA) is 82.4 Å². The molecule has 0 bridgehead atoms. The number of hydrogen-bond acceptors (Lipinski definition) is 5. The van der Waals surface area contributed by atoms with Crippen LogP contribution in [0.2, 0.25) is 10.0 Å². The molecule has 0 saturated carbocycles. The highest BCUT2D eigenvalue weighted by atomic mass is 35.5. The van der Waals surface area contributed by atoms with Crippen LogP contribution in [0.4, 0.5) is 5.69 Å². The molecule has 0 radical (unpaired) electrons. The summed E-state index contributed by atoms with van der Waals surface area (Å²) in [6.07, 6.45) is 0.341. The number of nitriles is 1. The highest BCUT2D eigenvalue weighted by Crippen LogP contribution is 2.42. The molecule has 1 heterocycles. The summed E-state index contributed by atoms with van der Waals surface area (Å²) in [4.78, 5) is 27.1. The third-order valence-corrected chi connectivity index (χ3v) is 6.18. The molecule has 31 heavy (non-hydrogen) atoms. The minimum absolute atomic E-state index is 0.124. The molecule has 160 valence electrons. The number of anilines is 1. The Morgan fingerprint density at radius 2 is 1.87 bits per heavy atom. The Balaban J connectivity index is 2.02. The number of nitrogens with zero attached hydrogens (tertiary/aromatic N) is 2. The van der Waals surface area contributed by atoms with Gasteiger partial charge < -0.3 is 10.1 Å². The van der Waals surface area contributed by atoms with Crippen LogP contribution in [-0.4, -0.2) is 30.7 Å². The zero-order valence-corrected chi connectivity index (χ0v) is 19.1. The first-order chi connectivity index (χ1) is 14.9. The van der Waals surface area contributed by atoms with Crippen molar-refractivity contribution in [3.8, 4) is 11.8 Å². The molecular weight excluding hydrogens is 457 g/mol. The van der Waals surface area contributed by atoms with Gasteiger partial charge in [-0.05, 0) is 61.4 Å². The number of hydrogen-bond donors (Lipinski definition) is 1. The van der Waals surface area contributed by atoms with Gasteiger partial charge in [0, 0.05) is 22.8 Å². The van der Waals surface area contributed by atoms with Gasteiger partial charge in [0.1, 0.15) is 22.4 Å². The van der Waals surface area contributed by atoms with Crippen molar-refractivity contribution in [1.29, 1.82) is 5.26 Å². The molecular formula is C22H19Cl2N3O3S. The monoisotopic (exact) mass is 475 g/mol. The van der Waals surface area contributed by atoms with E-state index in [9.17, 15) is 14.9 Å². The third-order valence-electron chi connectivity index (χ3n) is 4.48. The number of thioether (sulfide) groups is 1. The lowest BCUT2D eigenvalue weighted by molar-refractivity contribution is -0.117. The van der Waals surface area contributed by atoms with Crippen LogP contribution in [-0.2, 0) is 16.0 Å². The van der Waals surface area contributed by atoms with E-state index in [1.807, 2.05) is 13.0 Å². The van der Waals surface area contributed by atoms with E-state index in [1.54, 1.807) is 42.5 Å². The molecule has 1 fully saturated rings. The molecule has 1 aliphatic heterocycles. The van der Waals surface area contributed by atoms with Crippen molar-refractivity contribution in [3.63, 3.8) is 0 Å². The first-order valence-corrected chi connectivity index (χ1v) is 11.1. The average Bonchev–Trinajstić information content (AvgIpc) is 3.04. The van der Waals surface area contributed by atoms with E-state index < -0.39 is 11.2 Å². The third kappa shape index (κ3) is 5.16. The number of ether oxygens (including phenoxy) is 1. The van der Waals surface area contributed by atoms with Gasteiger partial charge in [-0.1, -0.05) is 35.0 Å². The Kier molecular flexibility index (Phi) is 7.50. The molecule has 9 heteroatoms. The quantitative estimate of drug-likeness (QED) is 0.488. The second-order valence-electron chi connectivity index (χ2n) is 6.56. The summed E-state index contributed by atoms with van der Waals surface area (Å²) >= 11 is 13.4. The van der Waals surface area contributed by atoms with Crippen molar-refractivity contribution in [2.75, 3.05) is 18.6 Å². The van der Waals surface area contributed by atoms with Crippen molar-refractivity contribution in [2.45, 2.75) is 18.6 Å². The van der Waals surface area contributed by atoms with Crippen LogP contribution in [0.25, 0.3) is 0 Å². The summed E-state index contributed by atoms with van der Waals surface area (Å²) < 4.78 is 5.46. The van der Waals surface area contributed by atoms with E-state index in [2.05, 4.69) is 5.32 Å². The van der Waals surface area contributed by atoms with Gasteiger partial charge in [0.05, 0.1) is 11.9 Å². The molecule has 6 nitrogen and oxygen atoms in total. The van der Waals surface area contributed by atoms with Gasteiger partial charge in [0.2, 0.25) is 5.91 Å². The van der Waals surface area contributed by atoms with Crippen LogP contribution in [0.3, 0.4) is 0 Å². The lowest BCUT2D eigenvalue weighted by Gasteiger charge is -2.19. The molecule has 0 aliphatic carbocycles. The van der Waals surface area contributed by atoms with Crippen LogP contribution in [0.1, 0.15) is 12.5 Å². The van der Waals surface area contributed by atoms with E-state index in [0.29, 0.717) is 34.5 Å². The van der Waals surface area contributed by atoms with Crippen LogP contribution < -0.4 is 15.0 Å². The average molecular weight is 476 g/mol. The highest BCUT2D eigenvalue weighted by molar-refractivity contribution is 8.05. The maximum absolute atomic E-state index is 13.4. The molecule has 1 atom stereocenters. The Bertz CT molecular complexity index is 1060. The zero-order chi connectivity index (χ0) is 22.5. The minimum atomic E-state index is -0.555. The lowest BCUT2D eigenvalue weighted by atomic mass is 10.1. The Morgan fingerprint density at radius 3 is 2.42 bits per heavy atom. The first kappa shape index (κ1) is 23.0. The molecule has 1 N–H and O–H groups in total. The molecule has 0 spiro atoms. The van der Waals surface area contributed by atoms with Crippen molar-refractivity contribution in [1.82, 2.24) is 5.32 Å². The molecule has 0 aromatic heterocycles. The number of rotatable bonds is 6. The standard InChI is InChI=1S/C22H19Cl2N3O3S/c1-3-30-17-6-4-16(5-7-17)27-21(29)19(10-13-8-14(23)11-15(24)9-13)31-22(27)18(12-25)20(28)26-2/h4-9,11,19H,3,10H2,1-2H3,(H,26,28)/b22-18-. The van der Waals surface area contributed by atoms with Crippen LogP contribution in [0.15, 0.2) is 53.1 Å². The summed E-state index contributed by atoms with van der Waals surface area (Å²) in [6, 6.07) is 14.0. The lowest BCUT2D eigenvalue weighted by Crippen LogP contribution is -2.31. The van der Waals surface area contributed by atoms with E-state index in [1.165, 1.54) is 23.7 Å². The molecule has 2 aromatic carbocycles. The molecule has 1 unspecified atom stereocenters. The molecule has 2 aromatic rings. The maximum Gasteiger partial charge on any atom is 0.264 e. The SMILES string of the molecule is CCOc1ccc(N2C(=O)C(Cc3cc(Cl)cc(Cl)c3)S/C2=C(/C#N)C(=O)NC)cc1. The molecule has 1 saturated heterocycles. The van der Waals surface area contributed by atoms with Gasteiger partial charge in [-0.3, -0.25) is 14.5 Å². The number of halogens is 2. The molecule has 3 rings (SSSR count). The van der Waals surface area contributed by atoms with Crippen molar-refractivity contribution < 1.29 is 14.3 Å². The second-order valence-corrected chi connectivity index (χ2v) is 8.62. The van der Waals surface area contributed by atoms with E-state index in [0.717, 1.165) is 5.56 Å². The number of carbonyl (C=O) groups excluding carboxylic acids is 2. The summed E-state index contributed by atoms with van der Waals surface area (Å²) in [7, 11) is 1.44. The Hall–Kier alpha value is -2.66. The summed E-state index contributed by atoms with van der Waals surface area (Å²) in [5, 5.41) is 12.8.